The summed E-state index contributed by atoms with van der Waals surface area (Å²) < 4.78 is 1.43. The molecule has 0 aliphatic heterocycles. The molecule has 2 N–H and O–H groups in total. The van der Waals surface area contributed by atoms with Gasteiger partial charge >= 0.3 is 0 Å². The minimum absolute atomic E-state index is 0.195. The second-order valence-corrected chi connectivity index (χ2v) is 2.76. The molecule has 4 heteroatoms. The first kappa shape index (κ1) is 10.1. The molecule has 0 fully saturated rings. The van der Waals surface area contributed by atoms with Crippen LogP contribution < -0.4 is 11.3 Å². The van der Waals surface area contributed by atoms with E-state index in [9.17, 15) is 4.79 Å². The summed E-state index contributed by atoms with van der Waals surface area (Å²) in [7, 11) is 1.65. The summed E-state index contributed by atoms with van der Waals surface area (Å²) in [6.45, 7) is 0. The number of nitrogens with zero attached hydrogens (tertiary/aromatic N) is 2. The van der Waals surface area contributed by atoms with Crippen LogP contribution in [0.3, 0.4) is 0 Å². The van der Waals surface area contributed by atoms with Crippen molar-refractivity contribution in [2.24, 2.45) is 12.8 Å². The first-order chi connectivity index (χ1) is 6.70. The van der Waals surface area contributed by atoms with Gasteiger partial charge in [0.25, 0.3) is 5.56 Å². The van der Waals surface area contributed by atoms with Gasteiger partial charge in [-0.25, -0.2) is 4.98 Å². The Kier molecular flexibility index (Phi) is 3.08. The maximum Gasteiger partial charge on any atom is 0.276 e. The summed E-state index contributed by atoms with van der Waals surface area (Å²) in [5, 5.41) is 0. The van der Waals surface area contributed by atoms with E-state index in [-0.39, 0.29) is 5.56 Å². The van der Waals surface area contributed by atoms with E-state index >= 15 is 0 Å². The van der Waals surface area contributed by atoms with E-state index in [0.29, 0.717) is 17.7 Å². The number of hydrogen-bond acceptors (Lipinski definition) is 3. The molecular formula is C10H11N3O. The molecule has 4 nitrogen and oxygen atoms in total. The van der Waals surface area contributed by atoms with E-state index in [1.54, 1.807) is 13.2 Å². The fraction of sp³-hybridized carbons (Fsp3) is 0.200. The van der Waals surface area contributed by atoms with Gasteiger partial charge in [-0.1, -0.05) is 0 Å². The average Bonchev–Trinajstić information content (AvgIpc) is 2.19. The van der Waals surface area contributed by atoms with Gasteiger partial charge in [0.15, 0.2) is 0 Å². The zero-order valence-corrected chi connectivity index (χ0v) is 7.90. The Balaban J connectivity index is 3.27. The molecule has 0 saturated heterocycles. The van der Waals surface area contributed by atoms with Crippen molar-refractivity contribution in [3.8, 4) is 12.3 Å². The molecule has 0 unspecified atom stereocenters. The van der Waals surface area contributed by atoms with Gasteiger partial charge in [-0.05, 0) is 0 Å². The molecule has 72 valence electrons. The van der Waals surface area contributed by atoms with Crippen LogP contribution in [0, 0.1) is 12.3 Å². The van der Waals surface area contributed by atoms with Crippen LogP contribution in [0.15, 0.2) is 23.4 Å². The highest BCUT2D eigenvalue weighted by molar-refractivity contribution is 5.63. The first-order valence-corrected chi connectivity index (χ1v) is 4.07. The second kappa shape index (κ2) is 4.28. The molecule has 1 aromatic heterocycles. The molecule has 1 aromatic rings. The van der Waals surface area contributed by atoms with E-state index in [0.717, 1.165) is 0 Å². The standard InChI is InChI=1S/C10H11N3O/c1-3-4-8(7-11)9-10(14)13(2)6-5-12-9/h1,5-7H,4,11H2,2H3/b8-7-. The third-order valence-electron chi connectivity index (χ3n) is 1.81. The molecule has 0 aliphatic carbocycles. The maximum atomic E-state index is 11.6. The average molecular weight is 189 g/mol. The van der Waals surface area contributed by atoms with Crippen molar-refractivity contribution in [1.29, 1.82) is 0 Å². The molecule has 1 heterocycles. The number of terminal acetylenes is 1. The van der Waals surface area contributed by atoms with Crippen molar-refractivity contribution in [2.45, 2.75) is 6.42 Å². The van der Waals surface area contributed by atoms with Crippen molar-refractivity contribution in [1.82, 2.24) is 9.55 Å². The summed E-state index contributed by atoms with van der Waals surface area (Å²) in [6.07, 6.45) is 9.90. The zero-order valence-electron chi connectivity index (χ0n) is 7.90. The van der Waals surface area contributed by atoms with Crippen LogP contribution in [0.4, 0.5) is 0 Å². The van der Waals surface area contributed by atoms with Gasteiger partial charge in [-0.2, -0.15) is 0 Å². The first-order valence-electron chi connectivity index (χ1n) is 4.07. The SMILES string of the molecule is C#CC/C(=C/N)c1nccn(C)c1=O. The monoisotopic (exact) mass is 189 g/mol. The lowest BCUT2D eigenvalue weighted by Crippen LogP contribution is -2.21. The minimum atomic E-state index is -0.195. The van der Waals surface area contributed by atoms with Gasteiger partial charge < -0.3 is 10.3 Å². The largest absolute Gasteiger partial charge is 0.404 e. The topological polar surface area (TPSA) is 60.9 Å². The van der Waals surface area contributed by atoms with E-state index in [4.69, 9.17) is 12.2 Å². The Morgan fingerprint density at radius 3 is 3.14 bits per heavy atom. The van der Waals surface area contributed by atoms with Crippen LogP contribution in [0.2, 0.25) is 0 Å². The molecule has 0 spiro atoms. The fourth-order valence-corrected chi connectivity index (χ4v) is 1.05. The fourth-order valence-electron chi connectivity index (χ4n) is 1.05. The Bertz CT molecular complexity index is 451. The van der Waals surface area contributed by atoms with E-state index in [2.05, 4.69) is 10.9 Å². The van der Waals surface area contributed by atoms with Crippen LogP contribution in [0.25, 0.3) is 5.57 Å². The molecule has 14 heavy (non-hydrogen) atoms. The van der Waals surface area contributed by atoms with Gasteiger partial charge in [0, 0.05) is 37.6 Å². The Morgan fingerprint density at radius 2 is 2.57 bits per heavy atom. The van der Waals surface area contributed by atoms with E-state index in [1.807, 2.05) is 0 Å². The van der Waals surface area contributed by atoms with Gasteiger partial charge in [-0.15, -0.1) is 12.3 Å². The van der Waals surface area contributed by atoms with Crippen LogP contribution in [0.5, 0.6) is 0 Å². The van der Waals surface area contributed by atoms with Crippen LogP contribution in [-0.4, -0.2) is 9.55 Å². The number of hydrogen-bond donors (Lipinski definition) is 1. The van der Waals surface area contributed by atoms with Crippen molar-refractivity contribution >= 4 is 5.57 Å². The smallest absolute Gasteiger partial charge is 0.276 e. The Morgan fingerprint density at radius 1 is 1.86 bits per heavy atom. The molecule has 0 amide bonds. The number of rotatable bonds is 2. The molecular weight excluding hydrogens is 178 g/mol. The second-order valence-electron chi connectivity index (χ2n) is 2.76. The predicted molar refractivity (Wildman–Crippen MR) is 55.1 cm³/mol. The highest BCUT2D eigenvalue weighted by Gasteiger charge is 2.07. The minimum Gasteiger partial charge on any atom is -0.404 e. The zero-order chi connectivity index (χ0) is 10.6. The van der Waals surface area contributed by atoms with E-state index in [1.165, 1.54) is 17.0 Å². The lowest BCUT2D eigenvalue weighted by molar-refractivity contribution is 0.832. The van der Waals surface area contributed by atoms with Crippen molar-refractivity contribution in [3.05, 3.63) is 34.6 Å². The number of allylic oxidation sites excluding steroid dienone is 1. The summed E-state index contributed by atoms with van der Waals surface area (Å²) in [6, 6.07) is 0. The van der Waals surface area contributed by atoms with Gasteiger partial charge in [0.2, 0.25) is 0 Å². The highest BCUT2D eigenvalue weighted by atomic mass is 16.1. The van der Waals surface area contributed by atoms with Gasteiger partial charge in [0.05, 0.1) is 0 Å². The number of aromatic nitrogens is 2. The lowest BCUT2D eigenvalue weighted by atomic mass is 10.1. The molecule has 0 atom stereocenters. The van der Waals surface area contributed by atoms with E-state index < -0.39 is 0 Å². The molecule has 0 saturated carbocycles. The van der Waals surface area contributed by atoms with Crippen molar-refractivity contribution < 1.29 is 0 Å². The molecule has 0 bridgehead atoms. The van der Waals surface area contributed by atoms with Crippen LogP contribution in [0.1, 0.15) is 12.1 Å². The normalized spacial score (nSPS) is 11.0. The van der Waals surface area contributed by atoms with Crippen LogP contribution >= 0.6 is 0 Å². The Hall–Kier alpha value is -2.02. The third kappa shape index (κ3) is 1.83. The third-order valence-corrected chi connectivity index (χ3v) is 1.81. The number of nitrogens with two attached hydrogens (primary N) is 1. The van der Waals surface area contributed by atoms with Gasteiger partial charge in [-0.3, -0.25) is 4.79 Å². The quantitative estimate of drug-likeness (QED) is 0.671. The highest BCUT2D eigenvalue weighted by Crippen LogP contribution is 2.08. The maximum absolute atomic E-state index is 11.6. The van der Waals surface area contributed by atoms with Crippen molar-refractivity contribution in [2.75, 3.05) is 0 Å². The summed E-state index contributed by atoms with van der Waals surface area (Å²) >= 11 is 0. The van der Waals surface area contributed by atoms with Crippen LogP contribution in [-0.2, 0) is 7.05 Å². The number of aryl methyl sites for hydroxylation is 1. The lowest BCUT2D eigenvalue weighted by Gasteiger charge is -2.02. The Labute approximate surface area is 82.1 Å². The van der Waals surface area contributed by atoms with Gasteiger partial charge in [0.1, 0.15) is 5.69 Å². The summed E-state index contributed by atoms with van der Waals surface area (Å²) in [4.78, 5) is 15.5. The molecule has 0 radical (unpaired) electrons. The van der Waals surface area contributed by atoms with Crippen molar-refractivity contribution in [3.63, 3.8) is 0 Å². The molecule has 1 rings (SSSR count). The summed E-state index contributed by atoms with van der Waals surface area (Å²) in [5.41, 5.74) is 6.06. The molecule has 0 aromatic carbocycles. The molecule has 0 aliphatic rings. The predicted octanol–water partition coefficient (Wildman–Crippen LogP) is 0.103. The summed E-state index contributed by atoms with van der Waals surface area (Å²) in [5.74, 6) is 2.43.